The molecule has 22 heavy (non-hydrogen) atoms. The zero-order chi connectivity index (χ0) is 15.9. The van der Waals surface area contributed by atoms with Gasteiger partial charge < -0.3 is 10.4 Å². The Labute approximate surface area is 129 Å². The molecule has 0 aliphatic heterocycles. The van der Waals surface area contributed by atoms with Crippen molar-refractivity contribution in [2.24, 2.45) is 10.2 Å². The van der Waals surface area contributed by atoms with Gasteiger partial charge in [0, 0.05) is 5.69 Å². The summed E-state index contributed by atoms with van der Waals surface area (Å²) in [5.74, 6) is -0.701. The molecule has 2 rings (SSSR count). The Balaban J connectivity index is 2.17. The molecule has 0 saturated carbocycles. The van der Waals surface area contributed by atoms with E-state index in [9.17, 15) is 9.90 Å². The van der Waals surface area contributed by atoms with Crippen LogP contribution < -0.4 is 5.32 Å². The maximum atomic E-state index is 12.2. The van der Waals surface area contributed by atoms with Gasteiger partial charge in [0.15, 0.2) is 5.70 Å². The van der Waals surface area contributed by atoms with Crippen molar-refractivity contribution in [2.75, 3.05) is 5.32 Å². The SMILES string of the molecule is CC(O)=C(N=Nc1cccc(C)c1)C(=O)Nc1ccccc1. The van der Waals surface area contributed by atoms with Crippen LogP contribution in [0.5, 0.6) is 0 Å². The van der Waals surface area contributed by atoms with Crippen LogP contribution in [0.15, 0.2) is 76.3 Å². The van der Waals surface area contributed by atoms with Crippen molar-refractivity contribution in [3.63, 3.8) is 0 Å². The monoisotopic (exact) mass is 295 g/mol. The van der Waals surface area contributed by atoms with E-state index >= 15 is 0 Å². The minimum atomic E-state index is -0.511. The molecule has 0 radical (unpaired) electrons. The van der Waals surface area contributed by atoms with Crippen molar-refractivity contribution in [3.05, 3.63) is 71.6 Å². The van der Waals surface area contributed by atoms with Crippen LogP contribution in [0.2, 0.25) is 0 Å². The summed E-state index contributed by atoms with van der Waals surface area (Å²) in [4.78, 5) is 12.2. The van der Waals surface area contributed by atoms with Crippen LogP contribution in [0.25, 0.3) is 0 Å². The molecule has 0 heterocycles. The van der Waals surface area contributed by atoms with Crippen LogP contribution in [0, 0.1) is 6.92 Å². The molecule has 0 fully saturated rings. The molecular formula is C17H17N3O2. The van der Waals surface area contributed by atoms with E-state index in [1.54, 1.807) is 30.3 Å². The van der Waals surface area contributed by atoms with E-state index in [-0.39, 0.29) is 11.5 Å². The zero-order valence-corrected chi connectivity index (χ0v) is 12.4. The van der Waals surface area contributed by atoms with Crippen molar-refractivity contribution < 1.29 is 9.90 Å². The highest BCUT2D eigenvalue weighted by atomic mass is 16.3. The first-order valence-corrected chi connectivity index (χ1v) is 6.81. The van der Waals surface area contributed by atoms with Crippen LogP contribution >= 0.6 is 0 Å². The van der Waals surface area contributed by atoms with Crippen molar-refractivity contribution in [1.29, 1.82) is 0 Å². The highest BCUT2D eigenvalue weighted by Gasteiger charge is 2.13. The van der Waals surface area contributed by atoms with E-state index in [1.165, 1.54) is 6.92 Å². The summed E-state index contributed by atoms with van der Waals surface area (Å²) in [5.41, 5.74) is 2.16. The van der Waals surface area contributed by atoms with E-state index in [0.29, 0.717) is 11.4 Å². The second-order valence-corrected chi connectivity index (χ2v) is 4.79. The van der Waals surface area contributed by atoms with Crippen LogP contribution in [0.4, 0.5) is 11.4 Å². The maximum Gasteiger partial charge on any atom is 0.279 e. The molecule has 0 bridgehead atoms. The normalized spacial score (nSPS) is 12.1. The number of benzene rings is 2. The lowest BCUT2D eigenvalue weighted by molar-refractivity contribution is -0.113. The third-order valence-electron chi connectivity index (χ3n) is 2.86. The Morgan fingerprint density at radius 1 is 1.09 bits per heavy atom. The second-order valence-electron chi connectivity index (χ2n) is 4.79. The van der Waals surface area contributed by atoms with E-state index in [1.807, 2.05) is 31.2 Å². The molecular weight excluding hydrogens is 278 g/mol. The molecule has 0 aliphatic carbocycles. The number of azo groups is 1. The highest BCUT2D eigenvalue weighted by molar-refractivity contribution is 6.03. The predicted molar refractivity (Wildman–Crippen MR) is 86.1 cm³/mol. The Bertz CT molecular complexity index is 718. The molecule has 112 valence electrons. The van der Waals surface area contributed by atoms with Gasteiger partial charge in [-0.25, -0.2) is 0 Å². The number of aryl methyl sites for hydroxylation is 1. The molecule has 2 N–H and O–H groups in total. The van der Waals surface area contributed by atoms with E-state index in [2.05, 4.69) is 15.5 Å². The molecule has 0 atom stereocenters. The Morgan fingerprint density at radius 2 is 1.82 bits per heavy atom. The largest absolute Gasteiger partial charge is 0.510 e. The van der Waals surface area contributed by atoms with Gasteiger partial charge in [-0.05, 0) is 43.7 Å². The Morgan fingerprint density at radius 3 is 2.45 bits per heavy atom. The van der Waals surface area contributed by atoms with Gasteiger partial charge in [0.05, 0.1) is 5.69 Å². The van der Waals surface area contributed by atoms with Gasteiger partial charge in [-0.15, -0.1) is 5.11 Å². The lowest BCUT2D eigenvalue weighted by Gasteiger charge is -2.05. The minimum Gasteiger partial charge on any atom is -0.510 e. The van der Waals surface area contributed by atoms with E-state index < -0.39 is 5.91 Å². The standard InChI is InChI=1S/C17H17N3O2/c1-12-7-6-10-15(11-12)19-20-16(13(2)21)17(22)18-14-8-4-3-5-9-14/h3-11,21H,1-2H3,(H,18,22). The number of para-hydroxylation sites is 1. The highest BCUT2D eigenvalue weighted by Crippen LogP contribution is 2.17. The van der Waals surface area contributed by atoms with Gasteiger partial charge in [-0.3, -0.25) is 4.79 Å². The van der Waals surface area contributed by atoms with Crippen molar-refractivity contribution in [3.8, 4) is 0 Å². The minimum absolute atomic E-state index is 0.120. The number of hydrogen-bond acceptors (Lipinski definition) is 4. The summed E-state index contributed by atoms with van der Waals surface area (Å²) in [6.07, 6.45) is 0. The number of carbonyl (C=O) groups excluding carboxylic acids is 1. The summed E-state index contributed by atoms with van der Waals surface area (Å²) in [6, 6.07) is 16.4. The van der Waals surface area contributed by atoms with Gasteiger partial charge in [0.2, 0.25) is 0 Å². The number of allylic oxidation sites excluding steroid dienone is 1. The molecule has 0 saturated heterocycles. The fourth-order valence-corrected chi connectivity index (χ4v) is 1.79. The molecule has 2 aromatic carbocycles. The quantitative estimate of drug-likeness (QED) is 0.495. The summed E-state index contributed by atoms with van der Waals surface area (Å²) < 4.78 is 0. The Hall–Kier alpha value is -2.95. The number of anilines is 1. The van der Waals surface area contributed by atoms with Crippen molar-refractivity contribution in [1.82, 2.24) is 0 Å². The fraction of sp³-hybridized carbons (Fsp3) is 0.118. The fourth-order valence-electron chi connectivity index (χ4n) is 1.79. The smallest absolute Gasteiger partial charge is 0.279 e. The van der Waals surface area contributed by atoms with E-state index in [0.717, 1.165) is 5.56 Å². The molecule has 1 amide bonds. The van der Waals surface area contributed by atoms with Crippen molar-refractivity contribution in [2.45, 2.75) is 13.8 Å². The first-order valence-electron chi connectivity index (χ1n) is 6.81. The number of carbonyl (C=O) groups is 1. The third kappa shape index (κ3) is 4.28. The number of aliphatic hydroxyl groups is 1. The number of nitrogens with one attached hydrogen (secondary N) is 1. The van der Waals surface area contributed by atoms with Gasteiger partial charge >= 0.3 is 0 Å². The van der Waals surface area contributed by atoms with Gasteiger partial charge in [-0.1, -0.05) is 30.3 Å². The first-order chi connectivity index (χ1) is 10.6. The molecule has 5 nitrogen and oxygen atoms in total. The summed E-state index contributed by atoms with van der Waals surface area (Å²) in [5, 5.41) is 20.2. The van der Waals surface area contributed by atoms with Gasteiger partial charge in [-0.2, -0.15) is 5.11 Å². The number of aliphatic hydroxyl groups excluding tert-OH is 1. The predicted octanol–water partition coefficient (Wildman–Crippen LogP) is 4.51. The van der Waals surface area contributed by atoms with Crippen LogP contribution in [-0.4, -0.2) is 11.0 Å². The molecule has 0 spiro atoms. The number of nitrogens with zero attached hydrogens (tertiary/aromatic N) is 2. The summed E-state index contributed by atoms with van der Waals surface area (Å²) >= 11 is 0. The van der Waals surface area contributed by atoms with Crippen LogP contribution in [0.3, 0.4) is 0 Å². The maximum absolute atomic E-state index is 12.2. The lowest BCUT2D eigenvalue weighted by Crippen LogP contribution is -2.14. The molecule has 2 aromatic rings. The number of rotatable bonds is 4. The summed E-state index contributed by atoms with van der Waals surface area (Å²) in [7, 11) is 0. The molecule has 0 aliphatic rings. The Kier molecular flexibility index (Phi) is 5.03. The van der Waals surface area contributed by atoms with Gasteiger partial charge in [0.25, 0.3) is 5.91 Å². The van der Waals surface area contributed by atoms with Crippen LogP contribution in [0.1, 0.15) is 12.5 Å². The number of hydrogen-bond donors (Lipinski definition) is 2. The van der Waals surface area contributed by atoms with Crippen LogP contribution in [-0.2, 0) is 4.79 Å². The number of amides is 1. The lowest BCUT2D eigenvalue weighted by atomic mass is 10.2. The third-order valence-corrected chi connectivity index (χ3v) is 2.86. The van der Waals surface area contributed by atoms with E-state index in [4.69, 9.17) is 0 Å². The summed E-state index contributed by atoms with van der Waals surface area (Å²) in [6.45, 7) is 3.34. The zero-order valence-electron chi connectivity index (χ0n) is 12.4. The first kappa shape index (κ1) is 15.4. The molecule has 0 aromatic heterocycles. The topological polar surface area (TPSA) is 74.0 Å². The molecule has 5 heteroatoms. The van der Waals surface area contributed by atoms with Crippen molar-refractivity contribution >= 4 is 17.3 Å². The molecule has 0 unspecified atom stereocenters. The average molecular weight is 295 g/mol. The average Bonchev–Trinajstić information content (AvgIpc) is 2.48. The van der Waals surface area contributed by atoms with Gasteiger partial charge in [0.1, 0.15) is 5.76 Å². The second kappa shape index (κ2) is 7.17.